The fourth-order valence-electron chi connectivity index (χ4n) is 2.91. The predicted octanol–water partition coefficient (Wildman–Crippen LogP) is 3.46. The third kappa shape index (κ3) is 2.00. The van der Waals surface area contributed by atoms with E-state index in [2.05, 4.69) is 0 Å². The normalized spacial score (nSPS) is 11.2. The Kier molecular flexibility index (Phi) is 3.14. The molecule has 4 rings (SSSR count). The van der Waals surface area contributed by atoms with Crippen LogP contribution in [0.4, 0.5) is 5.69 Å². The van der Waals surface area contributed by atoms with Gasteiger partial charge in [0, 0.05) is 17.4 Å². The van der Waals surface area contributed by atoms with Crippen LogP contribution < -0.4 is 11.3 Å². The van der Waals surface area contributed by atoms with Crippen molar-refractivity contribution in [3.8, 4) is 11.1 Å². The first-order valence-electron chi connectivity index (χ1n) is 7.21. The quantitative estimate of drug-likeness (QED) is 0.549. The Labute approximate surface area is 140 Å². The number of benzene rings is 1. The fourth-order valence-corrected chi connectivity index (χ4v) is 3.85. The Bertz CT molecular complexity index is 1170. The molecule has 0 unspecified atom stereocenters. The molecule has 3 N–H and O–H groups in total. The number of pyridine rings is 2. The first-order chi connectivity index (χ1) is 11.6. The molecular formula is C18H12N2O3S. The van der Waals surface area contributed by atoms with Gasteiger partial charge in [0.25, 0.3) is 5.56 Å². The number of hydrogen-bond donors (Lipinski definition) is 2. The summed E-state index contributed by atoms with van der Waals surface area (Å²) in [5.41, 5.74) is 7.43. The zero-order valence-corrected chi connectivity index (χ0v) is 13.2. The molecule has 0 aliphatic carbocycles. The van der Waals surface area contributed by atoms with Crippen molar-refractivity contribution < 1.29 is 9.90 Å². The van der Waals surface area contributed by atoms with Crippen molar-refractivity contribution in [3.05, 3.63) is 70.0 Å². The number of aromatic carboxylic acids is 1. The third-order valence-corrected chi connectivity index (χ3v) is 4.97. The van der Waals surface area contributed by atoms with E-state index in [0.717, 1.165) is 10.1 Å². The van der Waals surface area contributed by atoms with Gasteiger partial charge in [-0.1, -0.05) is 18.2 Å². The number of aromatic nitrogens is 1. The lowest BCUT2D eigenvalue weighted by Crippen LogP contribution is -2.19. The summed E-state index contributed by atoms with van der Waals surface area (Å²) in [6.07, 6.45) is 1.61. The van der Waals surface area contributed by atoms with Crippen LogP contribution in [-0.4, -0.2) is 15.5 Å². The topological polar surface area (TPSA) is 84.8 Å². The minimum absolute atomic E-state index is 0.0842. The molecule has 5 nitrogen and oxygen atoms in total. The van der Waals surface area contributed by atoms with Gasteiger partial charge in [0.15, 0.2) is 0 Å². The van der Waals surface area contributed by atoms with E-state index in [9.17, 15) is 14.7 Å². The van der Waals surface area contributed by atoms with Crippen LogP contribution in [0.15, 0.2) is 58.8 Å². The molecule has 4 aromatic rings. The molecule has 0 saturated carbocycles. The highest BCUT2D eigenvalue weighted by Gasteiger charge is 2.19. The number of carbonyl (C=O) groups is 1. The van der Waals surface area contributed by atoms with Gasteiger partial charge in [-0.05, 0) is 35.0 Å². The molecule has 3 heterocycles. The molecule has 24 heavy (non-hydrogen) atoms. The Morgan fingerprint density at radius 2 is 1.92 bits per heavy atom. The first kappa shape index (κ1) is 14.5. The monoisotopic (exact) mass is 336 g/mol. The molecule has 6 heteroatoms. The number of nitrogens with zero attached hydrogens (tertiary/aromatic N) is 1. The molecule has 0 aliphatic heterocycles. The number of carboxylic acid groups (broad SMARTS) is 1. The number of carboxylic acids is 1. The number of anilines is 1. The van der Waals surface area contributed by atoms with Crippen molar-refractivity contribution in [3.63, 3.8) is 0 Å². The first-order valence-corrected chi connectivity index (χ1v) is 8.09. The van der Waals surface area contributed by atoms with Crippen molar-refractivity contribution >= 4 is 38.6 Å². The number of nitrogen functional groups attached to an aromatic ring is 1. The Balaban J connectivity index is 2.21. The second kappa shape index (κ2) is 5.21. The van der Waals surface area contributed by atoms with Crippen molar-refractivity contribution in [1.82, 2.24) is 4.40 Å². The van der Waals surface area contributed by atoms with Gasteiger partial charge in [-0.2, -0.15) is 0 Å². The number of thiophene rings is 1. The third-order valence-electron chi connectivity index (χ3n) is 4.03. The molecule has 0 atom stereocenters. The van der Waals surface area contributed by atoms with E-state index < -0.39 is 5.97 Å². The Morgan fingerprint density at radius 1 is 1.12 bits per heavy atom. The molecule has 1 aromatic carbocycles. The van der Waals surface area contributed by atoms with E-state index in [1.54, 1.807) is 30.5 Å². The SMILES string of the molecule is Nc1ccccc1-c1cc(C(=O)O)c2c3sccc3ccn2c1=O. The molecule has 0 saturated heterocycles. The average Bonchev–Trinajstić information content (AvgIpc) is 3.04. The largest absolute Gasteiger partial charge is 0.478 e. The van der Waals surface area contributed by atoms with Crippen molar-refractivity contribution in [2.45, 2.75) is 0 Å². The maximum atomic E-state index is 12.9. The lowest BCUT2D eigenvalue weighted by atomic mass is 10.0. The number of rotatable bonds is 2. The number of fused-ring (bicyclic) bond motifs is 3. The van der Waals surface area contributed by atoms with Crippen LogP contribution in [0.3, 0.4) is 0 Å². The van der Waals surface area contributed by atoms with Crippen LogP contribution in [0.2, 0.25) is 0 Å². The van der Waals surface area contributed by atoms with Crippen LogP contribution in [0.5, 0.6) is 0 Å². The minimum atomic E-state index is -1.08. The van der Waals surface area contributed by atoms with Gasteiger partial charge in [-0.3, -0.25) is 9.20 Å². The van der Waals surface area contributed by atoms with Gasteiger partial charge >= 0.3 is 5.97 Å². The molecule has 3 aromatic heterocycles. The van der Waals surface area contributed by atoms with Crippen molar-refractivity contribution in [1.29, 1.82) is 0 Å². The van der Waals surface area contributed by atoms with E-state index in [1.807, 2.05) is 17.5 Å². The number of nitrogens with two attached hydrogens (primary N) is 1. The van der Waals surface area contributed by atoms with E-state index >= 15 is 0 Å². The molecule has 118 valence electrons. The molecule has 0 aliphatic rings. The van der Waals surface area contributed by atoms with Crippen LogP contribution in [0.1, 0.15) is 10.4 Å². The predicted molar refractivity (Wildman–Crippen MR) is 95.9 cm³/mol. The summed E-state index contributed by atoms with van der Waals surface area (Å²) < 4.78 is 2.17. The highest BCUT2D eigenvalue weighted by atomic mass is 32.1. The van der Waals surface area contributed by atoms with Gasteiger partial charge in [0.05, 0.1) is 21.3 Å². The second-order valence-corrected chi connectivity index (χ2v) is 6.32. The van der Waals surface area contributed by atoms with E-state index in [4.69, 9.17) is 5.73 Å². The van der Waals surface area contributed by atoms with E-state index in [1.165, 1.54) is 21.8 Å². The summed E-state index contributed by atoms with van der Waals surface area (Å²) >= 11 is 1.41. The van der Waals surface area contributed by atoms with Crippen molar-refractivity contribution in [2.75, 3.05) is 5.73 Å². The summed E-state index contributed by atoms with van der Waals surface area (Å²) in [4.78, 5) is 24.8. The van der Waals surface area contributed by atoms with Gasteiger partial charge in [0.2, 0.25) is 0 Å². The molecule has 0 fully saturated rings. The Morgan fingerprint density at radius 3 is 2.67 bits per heavy atom. The zero-order valence-electron chi connectivity index (χ0n) is 12.4. The number of para-hydroxylation sites is 1. The fraction of sp³-hybridized carbons (Fsp3) is 0. The molecule has 0 amide bonds. The van der Waals surface area contributed by atoms with Crippen LogP contribution in [0, 0.1) is 0 Å². The average molecular weight is 336 g/mol. The summed E-state index contributed by atoms with van der Waals surface area (Å²) in [5.74, 6) is -1.08. The van der Waals surface area contributed by atoms with Crippen LogP contribution >= 0.6 is 11.3 Å². The maximum Gasteiger partial charge on any atom is 0.337 e. The van der Waals surface area contributed by atoms with Crippen LogP contribution in [0.25, 0.3) is 26.7 Å². The summed E-state index contributed by atoms with van der Waals surface area (Å²) in [6.45, 7) is 0. The maximum absolute atomic E-state index is 12.9. The highest BCUT2D eigenvalue weighted by molar-refractivity contribution is 7.18. The lowest BCUT2D eigenvalue weighted by Gasteiger charge is -2.11. The summed E-state index contributed by atoms with van der Waals surface area (Å²) in [6, 6.07) is 12.1. The molecule has 0 radical (unpaired) electrons. The van der Waals surface area contributed by atoms with Gasteiger partial charge < -0.3 is 10.8 Å². The van der Waals surface area contributed by atoms with Crippen LogP contribution in [-0.2, 0) is 0 Å². The smallest absolute Gasteiger partial charge is 0.337 e. The van der Waals surface area contributed by atoms with Gasteiger partial charge in [-0.15, -0.1) is 11.3 Å². The van der Waals surface area contributed by atoms with Gasteiger partial charge in [-0.25, -0.2) is 4.79 Å². The minimum Gasteiger partial charge on any atom is -0.478 e. The molecular weight excluding hydrogens is 324 g/mol. The Hall–Kier alpha value is -3.12. The number of hydrogen-bond acceptors (Lipinski definition) is 4. The highest BCUT2D eigenvalue weighted by Crippen LogP contribution is 2.30. The standard InChI is InChI=1S/C18H12N2O3S/c19-14-4-2-1-3-11(14)12-9-13(18(22)23)15-16-10(6-8-24-16)5-7-20(15)17(12)21/h1-9H,19H2,(H,22,23). The van der Waals surface area contributed by atoms with E-state index in [-0.39, 0.29) is 16.7 Å². The zero-order chi connectivity index (χ0) is 16.8. The summed E-state index contributed by atoms with van der Waals surface area (Å²) in [5, 5.41) is 12.5. The summed E-state index contributed by atoms with van der Waals surface area (Å²) in [7, 11) is 0. The lowest BCUT2D eigenvalue weighted by molar-refractivity contribution is 0.0698. The van der Waals surface area contributed by atoms with Crippen molar-refractivity contribution in [2.24, 2.45) is 0 Å². The van der Waals surface area contributed by atoms with E-state index in [0.29, 0.717) is 16.8 Å². The second-order valence-electron chi connectivity index (χ2n) is 5.41. The van der Waals surface area contributed by atoms with Gasteiger partial charge in [0.1, 0.15) is 0 Å². The molecule has 0 spiro atoms. The molecule has 0 bridgehead atoms.